The van der Waals surface area contributed by atoms with E-state index in [1.165, 1.54) is 0 Å². The van der Waals surface area contributed by atoms with Crippen LogP contribution in [-0.2, 0) is 4.79 Å². The predicted octanol–water partition coefficient (Wildman–Crippen LogP) is 1.47. The van der Waals surface area contributed by atoms with E-state index in [1.54, 1.807) is 0 Å². The van der Waals surface area contributed by atoms with E-state index in [2.05, 4.69) is 10.2 Å². The van der Waals surface area contributed by atoms with Gasteiger partial charge >= 0.3 is 0 Å². The fourth-order valence-electron chi connectivity index (χ4n) is 2.10. The van der Waals surface area contributed by atoms with E-state index in [1.807, 2.05) is 37.3 Å². The fourth-order valence-corrected chi connectivity index (χ4v) is 2.10. The lowest BCUT2D eigenvalue weighted by molar-refractivity contribution is -0.120. The number of para-hydroxylation sites is 1. The molecule has 1 heterocycles. The van der Waals surface area contributed by atoms with Gasteiger partial charge in [0, 0.05) is 24.8 Å². The Morgan fingerprint density at radius 2 is 2.11 bits per heavy atom. The molecule has 1 aliphatic heterocycles. The first-order chi connectivity index (χ1) is 8.16. The van der Waals surface area contributed by atoms with Crippen LogP contribution < -0.4 is 11.1 Å². The number of halogens is 1. The average Bonchev–Trinajstić information content (AvgIpc) is 2.76. The third-order valence-electron chi connectivity index (χ3n) is 3.22. The highest BCUT2D eigenvalue weighted by Crippen LogP contribution is 2.13. The number of anilines is 1. The Bertz CT molecular complexity index is 385. The molecule has 0 spiro atoms. The summed E-state index contributed by atoms with van der Waals surface area (Å²) in [5.41, 5.74) is 6.68. The zero-order chi connectivity index (χ0) is 12.3. The second kappa shape index (κ2) is 6.73. The summed E-state index contributed by atoms with van der Waals surface area (Å²) in [6.45, 7) is 3.64. The number of amides is 1. The van der Waals surface area contributed by atoms with Crippen molar-refractivity contribution >= 4 is 24.0 Å². The van der Waals surface area contributed by atoms with Crippen LogP contribution in [0.25, 0.3) is 0 Å². The predicted molar refractivity (Wildman–Crippen MR) is 75.9 cm³/mol. The van der Waals surface area contributed by atoms with E-state index in [0.29, 0.717) is 0 Å². The highest BCUT2D eigenvalue weighted by Gasteiger charge is 2.27. The third kappa shape index (κ3) is 3.70. The third-order valence-corrected chi connectivity index (χ3v) is 3.22. The number of benzene rings is 1. The van der Waals surface area contributed by atoms with Crippen molar-refractivity contribution in [1.29, 1.82) is 0 Å². The summed E-state index contributed by atoms with van der Waals surface area (Å²) in [6, 6.07) is 9.61. The number of hydrogen-bond donors (Lipinski definition) is 2. The monoisotopic (exact) mass is 269 g/mol. The summed E-state index contributed by atoms with van der Waals surface area (Å²) in [6.07, 6.45) is 0.975. The van der Waals surface area contributed by atoms with Gasteiger partial charge in [-0.05, 0) is 25.5 Å². The van der Waals surface area contributed by atoms with Gasteiger partial charge in [0.05, 0.1) is 6.04 Å². The van der Waals surface area contributed by atoms with Crippen LogP contribution in [0.2, 0.25) is 0 Å². The van der Waals surface area contributed by atoms with Crippen LogP contribution in [-0.4, -0.2) is 36.0 Å². The SMILES string of the molecule is CC(C(=O)Nc1ccccc1)N1CC[C@@H](N)C1.Cl. The van der Waals surface area contributed by atoms with Crippen molar-refractivity contribution < 1.29 is 4.79 Å². The Hall–Kier alpha value is -1.10. The van der Waals surface area contributed by atoms with Gasteiger partial charge in [-0.3, -0.25) is 9.69 Å². The molecule has 1 aromatic carbocycles. The maximum absolute atomic E-state index is 12.0. The Morgan fingerprint density at radius 3 is 2.67 bits per heavy atom. The molecule has 2 atom stereocenters. The van der Waals surface area contributed by atoms with Crippen LogP contribution in [0.15, 0.2) is 30.3 Å². The molecule has 5 heteroatoms. The number of hydrogen-bond acceptors (Lipinski definition) is 3. The van der Waals surface area contributed by atoms with Crippen molar-refractivity contribution in [2.45, 2.75) is 25.4 Å². The minimum absolute atomic E-state index is 0. The molecule has 0 saturated carbocycles. The fraction of sp³-hybridized carbons (Fsp3) is 0.462. The maximum atomic E-state index is 12.0. The molecule has 1 saturated heterocycles. The zero-order valence-electron chi connectivity index (χ0n) is 10.5. The molecule has 1 aliphatic rings. The van der Waals surface area contributed by atoms with Gasteiger partial charge in [-0.1, -0.05) is 18.2 Å². The summed E-state index contributed by atoms with van der Waals surface area (Å²) in [7, 11) is 0. The molecule has 1 aromatic rings. The van der Waals surface area contributed by atoms with Gasteiger partial charge in [0.25, 0.3) is 0 Å². The summed E-state index contributed by atoms with van der Waals surface area (Å²) < 4.78 is 0. The van der Waals surface area contributed by atoms with E-state index in [9.17, 15) is 4.79 Å². The largest absolute Gasteiger partial charge is 0.326 e. The first-order valence-electron chi connectivity index (χ1n) is 6.02. The molecule has 1 unspecified atom stereocenters. The summed E-state index contributed by atoms with van der Waals surface area (Å²) >= 11 is 0. The van der Waals surface area contributed by atoms with Gasteiger partial charge in [0.15, 0.2) is 0 Å². The Labute approximate surface area is 114 Å². The van der Waals surface area contributed by atoms with Crippen molar-refractivity contribution in [3.05, 3.63) is 30.3 Å². The quantitative estimate of drug-likeness (QED) is 0.874. The number of nitrogens with one attached hydrogen (secondary N) is 1. The van der Waals surface area contributed by atoms with Crippen LogP contribution >= 0.6 is 12.4 Å². The Balaban J connectivity index is 0.00000162. The Morgan fingerprint density at radius 1 is 1.44 bits per heavy atom. The number of carbonyl (C=O) groups is 1. The van der Waals surface area contributed by atoms with E-state index in [0.717, 1.165) is 25.2 Å². The van der Waals surface area contributed by atoms with Crippen LogP contribution in [0.4, 0.5) is 5.69 Å². The average molecular weight is 270 g/mol. The van der Waals surface area contributed by atoms with Gasteiger partial charge in [0.1, 0.15) is 0 Å². The van der Waals surface area contributed by atoms with Gasteiger partial charge in [-0.25, -0.2) is 0 Å². The molecule has 18 heavy (non-hydrogen) atoms. The van der Waals surface area contributed by atoms with Crippen molar-refractivity contribution in [3.8, 4) is 0 Å². The molecule has 0 bridgehead atoms. The summed E-state index contributed by atoms with van der Waals surface area (Å²) in [5, 5.41) is 2.91. The van der Waals surface area contributed by atoms with Crippen molar-refractivity contribution in [3.63, 3.8) is 0 Å². The lowest BCUT2D eigenvalue weighted by atomic mass is 10.2. The van der Waals surface area contributed by atoms with Crippen molar-refractivity contribution in [2.24, 2.45) is 5.73 Å². The molecular weight excluding hydrogens is 250 g/mol. The lowest BCUT2D eigenvalue weighted by Crippen LogP contribution is -2.41. The van der Waals surface area contributed by atoms with Crippen LogP contribution in [0.5, 0.6) is 0 Å². The van der Waals surface area contributed by atoms with Crippen LogP contribution in [0, 0.1) is 0 Å². The smallest absolute Gasteiger partial charge is 0.241 e. The van der Waals surface area contributed by atoms with Gasteiger partial charge in [-0.2, -0.15) is 0 Å². The minimum atomic E-state index is -0.122. The molecule has 4 nitrogen and oxygen atoms in total. The van der Waals surface area contributed by atoms with Gasteiger partial charge in [0.2, 0.25) is 5.91 Å². The van der Waals surface area contributed by atoms with Crippen LogP contribution in [0.3, 0.4) is 0 Å². The van der Waals surface area contributed by atoms with E-state index < -0.39 is 0 Å². The standard InChI is InChI=1S/C13H19N3O.ClH/c1-10(16-8-7-11(14)9-16)13(17)15-12-5-3-2-4-6-12;/h2-6,10-11H,7-9,14H2,1H3,(H,15,17);1H/t10?,11-;/m1./s1. The number of rotatable bonds is 3. The zero-order valence-corrected chi connectivity index (χ0v) is 11.3. The normalized spacial score (nSPS) is 21.1. The molecule has 0 aromatic heterocycles. The highest BCUT2D eigenvalue weighted by atomic mass is 35.5. The van der Waals surface area contributed by atoms with E-state index in [4.69, 9.17) is 5.73 Å². The molecule has 3 N–H and O–H groups in total. The Kier molecular flexibility index (Phi) is 5.59. The molecular formula is C13H20ClN3O. The van der Waals surface area contributed by atoms with E-state index in [-0.39, 0.29) is 30.4 Å². The highest BCUT2D eigenvalue weighted by molar-refractivity contribution is 5.94. The number of nitrogens with two attached hydrogens (primary N) is 1. The summed E-state index contributed by atoms with van der Waals surface area (Å²) in [5.74, 6) is 0.0327. The van der Waals surface area contributed by atoms with Crippen molar-refractivity contribution in [2.75, 3.05) is 18.4 Å². The molecule has 100 valence electrons. The molecule has 1 fully saturated rings. The molecule has 0 aliphatic carbocycles. The number of carbonyl (C=O) groups excluding carboxylic acids is 1. The second-order valence-corrected chi connectivity index (χ2v) is 4.57. The molecule has 1 amide bonds. The molecule has 0 radical (unpaired) electrons. The van der Waals surface area contributed by atoms with Crippen molar-refractivity contribution in [1.82, 2.24) is 4.90 Å². The summed E-state index contributed by atoms with van der Waals surface area (Å²) in [4.78, 5) is 14.1. The maximum Gasteiger partial charge on any atom is 0.241 e. The number of nitrogens with zero attached hydrogens (tertiary/aromatic N) is 1. The number of likely N-dealkylation sites (tertiary alicyclic amines) is 1. The first kappa shape index (κ1) is 15.0. The van der Waals surface area contributed by atoms with Gasteiger partial charge in [-0.15, -0.1) is 12.4 Å². The van der Waals surface area contributed by atoms with Crippen LogP contribution in [0.1, 0.15) is 13.3 Å². The lowest BCUT2D eigenvalue weighted by Gasteiger charge is -2.23. The minimum Gasteiger partial charge on any atom is -0.326 e. The second-order valence-electron chi connectivity index (χ2n) is 4.57. The first-order valence-corrected chi connectivity index (χ1v) is 6.02. The molecule has 2 rings (SSSR count). The topological polar surface area (TPSA) is 58.4 Å². The van der Waals surface area contributed by atoms with E-state index >= 15 is 0 Å². The van der Waals surface area contributed by atoms with Gasteiger partial charge < -0.3 is 11.1 Å².